The maximum Gasteiger partial charge on any atom is 0.248 e. The van der Waals surface area contributed by atoms with Crippen molar-refractivity contribution in [3.63, 3.8) is 0 Å². The summed E-state index contributed by atoms with van der Waals surface area (Å²) in [6.07, 6.45) is 4.95. The van der Waals surface area contributed by atoms with Crippen LogP contribution in [0.2, 0.25) is 0 Å². The number of rotatable bonds is 6. The third kappa shape index (κ3) is 5.78. The highest BCUT2D eigenvalue weighted by Gasteiger charge is 2.20. The van der Waals surface area contributed by atoms with Gasteiger partial charge in [-0.3, -0.25) is 4.79 Å². The molecule has 4 aromatic rings. The number of hydrogen-bond acceptors (Lipinski definition) is 3. The SMILES string of the molecule is CC(C)(C)c1ccccc1Oc1ncccc1NC(=O)C=Cc1ccc(-c2ccccc2)cc1. The molecule has 1 amide bonds. The van der Waals surface area contributed by atoms with Gasteiger partial charge in [-0.15, -0.1) is 0 Å². The number of benzene rings is 3. The summed E-state index contributed by atoms with van der Waals surface area (Å²) in [5, 5.41) is 2.88. The van der Waals surface area contributed by atoms with Crippen molar-refractivity contribution in [2.75, 3.05) is 5.32 Å². The third-order valence-electron chi connectivity index (χ3n) is 5.38. The Morgan fingerprint density at radius 2 is 1.50 bits per heavy atom. The molecule has 0 saturated heterocycles. The number of ether oxygens (including phenoxy) is 1. The van der Waals surface area contributed by atoms with Crippen LogP contribution in [0, 0.1) is 0 Å². The molecule has 0 spiro atoms. The molecule has 0 aliphatic rings. The number of amides is 1. The van der Waals surface area contributed by atoms with Crippen LogP contribution in [0.15, 0.2) is 103 Å². The van der Waals surface area contributed by atoms with Crippen LogP contribution in [-0.4, -0.2) is 10.9 Å². The van der Waals surface area contributed by atoms with Gasteiger partial charge in [0.25, 0.3) is 0 Å². The number of aromatic nitrogens is 1. The van der Waals surface area contributed by atoms with Gasteiger partial charge in [-0.1, -0.05) is 93.6 Å². The van der Waals surface area contributed by atoms with Crippen molar-refractivity contribution in [2.24, 2.45) is 0 Å². The lowest BCUT2D eigenvalue weighted by molar-refractivity contribution is -0.111. The summed E-state index contributed by atoms with van der Waals surface area (Å²) in [4.78, 5) is 17.0. The van der Waals surface area contributed by atoms with Gasteiger partial charge in [-0.2, -0.15) is 0 Å². The number of carbonyl (C=O) groups excluding carboxylic acids is 1. The summed E-state index contributed by atoms with van der Waals surface area (Å²) in [5.41, 5.74) is 4.73. The van der Waals surface area contributed by atoms with E-state index in [-0.39, 0.29) is 11.3 Å². The monoisotopic (exact) mass is 448 g/mol. The summed E-state index contributed by atoms with van der Waals surface area (Å²) in [6, 6.07) is 29.7. The summed E-state index contributed by atoms with van der Waals surface area (Å²) in [5.74, 6) is 0.820. The molecule has 0 unspecified atom stereocenters. The minimum Gasteiger partial charge on any atom is -0.437 e. The Kier molecular flexibility index (Phi) is 6.88. The molecule has 4 nitrogen and oxygen atoms in total. The Bertz CT molecular complexity index is 1290. The van der Waals surface area contributed by atoms with E-state index >= 15 is 0 Å². The molecule has 0 saturated carbocycles. The first kappa shape index (κ1) is 23.0. The highest BCUT2D eigenvalue weighted by molar-refractivity contribution is 6.02. The first-order chi connectivity index (χ1) is 16.4. The van der Waals surface area contributed by atoms with Gasteiger partial charge in [-0.05, 0) is 46.4 Å². The third-order valence-corrected chi connectivity index (χ3v) is 5.38. The molecule has 1 aromatic heterocycles. The standard InChI is InChI=1S/C30H28N2O2/c1-30(2,3)25-12-7-8-14-27(25)34-29-26(13-9-21-31-29)32-28(33)20-17-22-15-18-24(19-16-22)23-10-5-4-6-11-23/h4-21H,1-3H3,(H,32,33). The molecule has 0 fully saturated rings. The Morgan fingerprint density at radius 1 is 0.824 bits per heavy atom. The van der Waals surface area contributed by atoms with Crippen LogP contribution in [-0.2, 0) is 10.2 Å². The van der Waals surface area contributed by atoms with Crippen LogP contribution in [0.5, 0.6) is 11.6 Å². The molecule has 3 aromatic carbocycles. The highest BCUT2D eigenvalue weighted by Crippen LogP contribution is 2.35. The van der Waals surface area contributed by atoms with Crippen molar-refractivity contribution in [3.8, 4) is 22.8 Å². The first-order valence-corrected chi connectivity index (χ1v) is 11.3. The molecule has 0 aliphatic heterocycles. The Morgan fingerprint density at radius 3 is 2.24 bits per heavy atom. The van der Waals surface area contributed by atoms with Gasteiger partial charge in [0.1, 0.15) is 11.4 Å². The maximum atomic E-state index is 12.6. The Labute approximate surface area is 201 Å². The predicted molar refractivity (Wildman–Crippen MR) is 139 cm³/mol. The number of hydrogen-bond donors (Lipinski definition) is 1. The molecule has 0 radical (unpaired) electrons. The second kappa shape index (κ2) is 10.2. The van der Waals surface area contributed by atoms with Gasteiger partial charge >= 0.3 is 0 Å². The Hall–Kier alpha value is -4.18. The minimum atomic E-state index is -0.255. The molecule has 1 N–H and O–H groups in total. The first-order valence-electron chi connectivity index (χ1n) is 11.3. The minimum absolute atomic E-state index is 0.0897. The van der Waals surface area contributed by atoms with E-state index in [1.54, 1.807) is 24.4 Å². The van der Waals surface area contributed by atoms with Crippen molar-refractivity contribution in [2.45, 2.75) is 26.2 Å². The molecular weight excluding hydrogens is 420 g/mol. The molecule has 170 valence electrons. The van der Waals surface area contributed by atoms with E-state index < -0.39 is 0 Å². The van der Waals surface area contributed by atoms with Crippen molar-refractivity contribution >= 4 is 17.7 Å². The molecule has 0 aliphatic carbocycles. The molecule has 34 heavy (non-hydrogen) atoms. The van der Waals surface area contributed by atoms with E-state index in [4.69, 9.17) is 4.74 Å². The van der Waals surface area contributed by atoms with Gasteiger partial charge in [-0.25, -0.2) is 4.98 Å². The largest absolute Gasteiger partial charge is 0.437 e. The summed E-state index contributed by atoms with van der Waals surface area (Å²) in [6.45, 7) is 6.40. The number of nitrogens with one attached hydrogen (secondary N) is 1. The number of pyridine rings is 1. The fourth-order valence-electron chi connectivity index (χ4n) is 3.61. The lowest BCUT2D eigenvalue weighted by atomic mass is 9.86. The van der Waals surface area contributed by atoms with Gasteiger partial charge in [0.05, 0.1) is 0 Å². The number of carbonyl (C=O) groups is 1. The van der Waals surface area contributed by atoms with E-state index in [0.29, 0.717) is 11.6 Å². The second-order valence-electron chi connectivity index (χ2n) is 9.01. The fraction of sp³-hybridized carbons (Fsp3) is 0.133. The van der Waals surface area contributed by atoms with Crippen molar-refractivity contribution in [1.82, 2.24) is 4.98 Å². The van der Waals surface area contributed by atoms with Crippen molar-refractivity contribution < 1.29 is 9.53 Å². The van der Waals surface area contributed by atoms with Gasteiger partial charge in [0, 0.05) is 17.8 Å². The summed E-state index contributed by atoms with van der Waals surface area (Å²) < 4.78 is 6.14. The van der Waals surface area contributed by atoms with Crippen molar-refractivity contribution in [3.05, 3.63) is 114 Å². The van der Waals surface area contributed by atoms with Crippen LogP contribution in [0.4, 0.5) is 5.69 Å². The normalized spacial score (nSPS) is 11.4. The van der Waals surface area contributed by atoms with Gasteiger partial charge in [0.15, 0.2) is 0 Å². The molecule has 4 heteroatoms. The van der Waals surface area contributed by atoms with E-state index in [1.165, 1.54) is 6.08 Å². The highest BCUT2D eigenvalue weighted by atomic mass is 16.5. The second-order valence-corrected chi connectivity index (χ2v) is 9.01. The van der Waals surface area contributed by atoms with Gasteiger partial charge in [0.2, 0.25) is 11.8 Å². The average molecular weight is 449 g/mol. The van der Waals surface area contributed by atoms with Crippen LogP contribution in [0.1, 0.15) is 31.9 Å². The van der Waals surface area contributed by atoms with Crippen LogP contribution < -0.4 is 10.1 Å². The fourth-order valence-corrected chi connectivity index (χ4v) is 3.61. The smallest absolute Gasteiger partial charge is 0.248 e. The van der Waals surface area contributed by atoms with E-state index in [0.717, 1.165) is 28.0 Å². The predicted octanol–water partition coefficient (Wildman–Crippen LogP) is 7.49. The van der Waals surface area contributed by atoms with Gasteiger partial charge < -0.3 is 10.1 Å². The number of anilines is 1. The van der Waals surface area contributed by atoms with Crippen molar-refractivity contribution in [1.29, 1.82) is 0 Å². The molecule has 0 atom stereocenters. The van der Waals surface area contributed by atoms with Crippen LogP contribution >= 0.6 is 0 Å². The summed E-state index contributed by atoms with van der Waals surface area (Å²) >= 11 is 0. The number of para-hydroxylation sites is 1. The van der Waals surface area contributed by atoms with Crippen LogP contribution in [0.25, 0.3) is 17.2 Å². The zero-order chi connectivity index (χ0) is 24.0. The van der Waals surface area contributed by atoms with E-state index in [1.807, 2.05) is 66.7 Å². The average Bonchev–Trinajstić information content (AvgIpc) is 2.84. The zero-order valence-electron chi connectivity index (χ0n) is 19.7. The van der Waals surface area contributed by atoms with Crippen LogP contribution in [0.3, 0.4) is 0 Å². The lowest BCUT2D eigenvalue weighted by Gasteiger charge is -2.22. The topological polar surface area (TPSA) is 51.2 Å². The van der Waals surface area contributed by atoms with E-state index in [2.05, 4.69) is 43.2 Å². The lowest BCUT2D eigenvalue weighted by Crippen LogP contribution is -2.13. The zero-order valence-corrected chi connectivity index (χ0v) is 19.7. The molecule has 4 rings (SSSR count). The molecule has 0 bridgehead atoms. The quantitative estimate of drug-likeness (QED) is 0.311. The molecule has 1 heterocycles. The van der Waals surface area contributed by atoms with E-state index in [9.17, 15) is 4.79 Å². The summed E-state index contributed by atoms with van der Waals surface area (Å²) in [7, 11) is 0. The number of nitrogens with zero attached hydrogens (tertiary/aromatic N) is 1. The Balaban J connectivity index is 1.46. The molecular formula is C30H28N2O2. The maximum absolute atomic E-state index is 12.6.